The van der Waals surface area contributed by atoms with Crippen LogP contribution in [0.25, 0.3) is 0 Å². The Morgan fingerprint density at radius 2 is 1.86 bits per heavy atom. The summed E-state index contributed by atoms with van der Waals surface area (Å²) in [7, 11) is -5.57. The Morgan fingerprint density at radius 1 is 1.33 bits per heavy atom. The van der Waals surface area contributed by atoms with Crippen molar-refractivity contribution in [3.8, 4) is 0 Å². The van der Waals surface area contributed by atoms with Gasteiger partial charge in [0.1, 0.15) is 0 Å². The maximum Gasteiger partial charge on any atom is 0.330 e. The molecule has 0 rings (SSSR count). The predicted octanol–water partition coefficient (Wildman–Crippen LogP) is 5.16. The Morgan fingerprint density at radius 3 is 2.24 bits per heavy atom. The molecule has 0 aromatic heterocycles. The highest BCUT2D eigenvalue weighted by atomic mass is 79.9. The maximum atomic E-state index is 12.3. The molecule has 0 aliphatic rings. The van der Waals surface area contributed by atoms with E-state index in [1.54, 1.807) is 0 Å². The van der Waals surface area contributed by atoms with Crippen molar-refractivity contribution in [3.05, 3.63) is 0 Å². The van der Waals surface area contributed by atoms with Crippen LogP contribution in [0.15, 0.2) is 0 Å². The predicted molar refractivity (Wildman–Crippen MR) is 96.0 cm³/mol. The van der Waals surface area contributed by atoms with Gasteiger partial charge in [0, 0.05) is 5.33 Å². The summed E-state index contributed by atoms with van der Waals surface area (Å²) in [6, 6.07) is 0. The smallest absolute Gasteiger partial charge is 0.330 e. The van der Waals surface area contributed by atoms with Gasteiger partial charge in [-0.25, -0.2) is 0 Å². The van der Waals surface area contributed by atoms with Crippen LogP contribution in [-0.2, 0) is 13.5 Å². The van der Waals surface area contributed by atoms with Crippen LogP contribution in [0.5, 0.6) is 0 Å². The van der Waals surface area contributed by atoms with Gasteiger partial charge in [0.15, 0.2) is 8.32 Å². The number of rotatable bonds is 9. The van der Waals surface area contributed by atoms with Crippen molar-refractivity contribution in [3.63, 3.8) is 0 Å². The topological polar surface area (TPSA) is 55.8 Å². The molecule has 0 bridgehead atoms. The van der Waals surface area contributed by atoms with E-state index in [1.807, 2.05) is 13.8 Å². The number of hydrogen-bond donors (Lipinski definition) is 1. The van der Waals surface area contributed by atoms with Crippen molar-refractivity contribution in [2.24, 2.45) is 0 Å². The van der Waals surface area contributed by atoms with Crippen molar-refractivity contribution in [1.82, 2.24) is 0 Å². The van der Waals surface area contributed by atoms with E-state index >= 15 is 0 Å². The van der Waals surface area contributed by atoms with E-state index in [-0.39, 0.29) is 23.4 Å². The molecule has 3 unspecified atom stereocenters. The summed E-state index contributed by atoms with van der Waals surface area (Å²) in [5.41, 5.74) is 0. The first kappa shape index (κ1) is 21.8. The highest BCUT2D eigenvalue weighted by Gasteiger charge is 2.40. The average Bonchev–Trinajstić information content (AvgIpc) is 2.25. The molecule has 0 aliphatic carbocycles. The van der Waals surface area contributed by atoms with Gasteiger partial charge in [-0.15, -0.1) is 0 Å². The lowest BCUT2D eigenvalue weighted by Gasteiger charge is -2.39. The molecule has 7 heteroatoms. The van der Waals surface area contributed by atoms with Crippen LogP contribution in [0.3, 0.4) is 0 Å². The van der Waals surface area contributed by atoms with Crippen LogP contribution in [0.2, 0.25) is 18.1 Å². The fourth-order valence-electron chi connectivity index (χ4n) is 1.56. The molecule has 3 atom stereocenters. The molecule has 0 saturated heterocycles. The summed E-state index contributed by atoms with van der Waals surface area (Å²) < 4.78 is 23.8. The van der Waals surface area contributed by atoms with Crippen molar-refractivity contribution < 1.29 is 18.4 Å². The molecular weight excluding hydrogens is 371 g/mol. The maximum absolute atomic E-state index is 12.3. The molecule has 1 N–H and O–H groups in total. The van der Waals surface area contributed by atoms with Gasteiger partial charge in [-0.05, 0) is 37.9 Å². The lowest BCUT2D eigenvalue weighted by molar-refractivity contribution is 0.159. The molecule has 128 valence electrons. The second kappa shape index (κ2) is 8.60. The van der Waals surface area contributed by atoms with E-state index in [9.17, 15) is 9.46 Å². The molecule has 0 radical (unpaired) electrons. The second-order valence-corrected chi connectivity index (χ2v) is 14.5. The highest BCUT2D eigenvalue weighted by Crippen LogP contribution is 2.46. The van der Waals surface area contributed by atoms with Crippen LogP contribution in [0, 0.1) is 0 Å². The molecule has 0 heterocycles. The van der Waals surface area contributed by atoms with Gasteiger partial charge in [-0.1, -0.05) is 43.6 Å². The minimum atomic E-state index is -3.61. The first-order valence-corrected chi connectivity index (χ1v) is 13.4. The monoisotopic (exact) mass is 402 g/mol. The minimum Gasteiger partial charge on any atom is -0.413 e. The standard InChI is InChI=1S/C14H32BrO4PSi/c1-8-12(2)18-20(16,17)11-13(9-10-15)19-21(6,7)14(3,4)5/h12-13H,8-11H2,1-7H3,(H,16,17). The van der Waals surface area contributed by atoms with Crippen molar-refractivity contribution in [2.75, 3.05) is 11.5 Å². The number of halogens is 1. The minimum absolute atomic E-state index is 0.0649. The molecule has 0 aromatic carbocycles. The fraction of sp³-hybridized carbons (Fsp3) is 1.00. The third-order valence-electron chi connectivity index (χ3n) is 4.05. The molecule has 0 aliphatic heterocycles. The SMILES string of the molecule is CCC(C)OP(=O)(O)CC(CCBr)O[Si](C)(C)C(C)(C)C. The Hall–Kier alpha value is 0.807. The van der Waals surface area contributed by atoms with Crippen LogP contribution in [0.1, 0.15) is 47.5 Å². The fourth-order valence-corrected chi connectivity index (χ4v) is 5.17. The van der Waals surface area contributed by atoms with E-state index < -0.39 is 15.9 Å². The third-order valence-corrected chi connectivity index (χ3v) is 10.6. The summed E-state index contributed by atoms with van der Waals surface area (Å²) in [6.45, 7) is 14.6. The van der Waals surface area contributed by atoms with E-state index in [4.69, 9.17) is 8.95 Å². The van der Waals surface area contributed by atoms with Gasteiger partial charge in [0.25, 0.3) is 0 Å². The number of alkyl halides is 1. The zero-order chi connectivity index (χ0) is 16.9. The van der Waals surface area contributed by atoms with Crippen LogP contribution in [-0.4, -0.2) is 36.9 Å². The summed E-state index contributed by atoms with van der Waals surface area (Å²) in [5.74, 6) is 0. The van der Waals surface area contributed by atoms with Gasteiger partial charge >= 0.3 is 7.60 Å². The lowest BCUT2D eigenvalue weighted by Crippen LogP contribution is -2.45. The Balaban J connectivity index is 4.88. The summed E-state index contributed by atoms with van der Waals surface area (Å²) in [5, 5.41) is 0.824. The van der Waals surface area contributed by atoms with Crippen LogP contribution < -0.4 is 0 Å². The molecule has 4 nitrogen and oxygen atoms in total. The summed E-state index contributed by atoms with van der Waals surface area (Å²) >= 11 is 3.40. The van der Waals surface area contributed by atoms with Gasteiger partial charge < -0.3 is 13.8 Å². The normalized spacial score (nSPS) is 19.1. The molecule has 0 fully saturated rings. The van der Waals surface area contributed by atoms with Crippen LogP contribution >= 0.6 is 23.5 Å². The Bertz CT molecular complexity index is 357. The molecule has 0 amide bonds. The average molecular weight is 403 g/mol. The zero-order valence-electron chi connectivity index (χ0n) is 14.5. The van der Waals surface area contributed by atoms with Gasteiger partial charge in [0.05, 0.1) is 18.4 Å². The van der Waals surface area contributed by atoms with Crippen LogP contribution in [0.4, 0.5) is 0 Å². The van der Waals surface area contributed by atoms with E-state index in [0.717, 1.165) is 11.8 Å². The lowest BCUT2D eigenvalue weighted by atomic mass is 10.2. The van der Waals surface area contributed by atoms with Gasteiger partial charge in [-0.3, -0.25) is 4.57 Å². The first-order chi connectivity index (χ1) is 9.34. The molecule has 0 spiro atoms. The van der Waals surface area contributed by atoms with Crippen molar-refractivity contribution >= 4 is 31.8 Å². The van der Waals surface area contributed by atoms with Crippen molar-refractivity contribution in [1.29, 1.82) is 0 Å². The van der Waals surface area contributed by atoms with E-state index in [2.05, 4.69) is 49.8 Å². The quantitative estimate of drug-likeness (QED) is 0.328. The second-order valence-electron chi connectivity index (χ2n) is 7.12. The largest absolute Gasteiger partial charge is 0.413 e. The highest BCUT2D eigenvalue weighted by molar-refractivity contribution is 9.09. The Kier molecular flexibility index (Phi) is 8.93. The van der Waals surface area contributed by atoms with Gasteiger partial charge in [0.2, 0.25) is 0 Å². The molecule has 21 heavy (non-hydrogen) atoms. The molecule has 0 aromatic rings. The van der Waals surface area contributed by atoms with E-state index in [0.29, 0.717) is 6.42 Å². The Labute approximate surface area is 139 Å². The zero-order valence-corrected chi connectivity index (χ0v) is 18.0. The summed E-state index contributed by atoms with van der Waals surface area (Å²) in [4.78, 5) is 10.1. The molecular formula is C14H32BrO4PSi. The molecule has 0 saturated carbocycles. The third kappa shape index (κ3) is 8.28. The number of hydrogen-bond acceptors (Lipinski definition) is 3. The first-order valence-electron chi connectivity index (χ1n) is 7.58. The van der Waals surface area contributed by atoms with Gasteiger partial charge in [-0.2, -0.15) is 0 Å². The van der Waals surface area contributed by atoms with E-state index in [1.165, 1.54) is 0 Å². The summed E-state index contributed by atoms with van der Waals surface area (Å²) in [6.07, 6.45) is 1.04. The van der Waals surface area contributed by atoms with Crippen molar-refractivity contribution in [2.45, 2.75) is 77.8 Å².